The van der Waals surface area contributed by atoms with Gasteiger partial charge in [0.2, 0.25) is 5.75 Å². The Bertz CT molecular complexity index is 1140. The van der Waals surface area contributed by atoms with Crippen LogP contribution < -0.4 is 19.9 Å². The fraction of sp³-hybridized carbons (Fsp3) is 0.143. The Morgan fingerprint density at radius 3 is 2.13 bits per heavy atom. The lowest BCUT2D eigenvalue weighted by Gasteiger charge is -2.17. The van der Waals surface area contributed by atoms with Crippen molar-refractivity contribution >= 4 is 17.6 Å². The van der Waals surface area contributed by atoms with E-state index in [0.717, 1.165) is 0 Å². The van der Waals surface area contributed by atoms with Gasteiger partial charge in [-0.2, -0.15) is 10.5 Å². The summed E-state index contributed by atoms with van der Waals surface area (Å²) in [5, 5.41) is 20.7. The molecule has 0 aliphatic heterocycles. The van der Waals surface area contributed by atoms with Gasteiger partial charge in [0.25, 0.3) is 0 Å². The van der Waals surface area contributed by atoms with Crippen LogP contribution in [0.5, 0.6) is 17.2 Å². The van der Waals surface area contributed by atoms with Crippen LogP contribution in [0, 0.1) is 22.7 Å². The molecule has 0 amide bonds. The average Bonchev–Trinajstić information content (AvgIpc) is 2.78. The molecule has 2 aromatic heterocycles. The number of nitriles is 2. The topological polar surface area (TPSA) is 127 Å². The van der Waals surface area contributed by atoms with Crippen LogP contribution in [0.3, 0.4) is 0 Å². The summed E-state index contributed by atoms with van der Waals surface area (Å²) in [6.45, 7) is 0. The number of methoxy groups -OCH3 is 3. The molecular weight excluding hydrogens is 402 g/mol. The molecule has 0 saturated carbocycles. The molecule has 0 aliphatic carbocycles. The summed E-state index contributed by atoms with van der Waals surface area (Å²) in [7, 11) is 4.47. The Kier molecular flexibility index (Phi) is 6.26. The van der Waals surface area contributed by atoms with Crippen molar-refractivity contribution in [3.05, 3.63) is 47.7 Å². The van der Waals surface area contributed by atoms with Crippen molar-refractivity contribution in [2.24, 2.45) is 0 Å². The number of pyridine rings is 2. The molecule has 0 radical (unpaired) electrons. The van der Waals surface area contributed by atoms with Gasteiger partial charge in [-0.1, -0.05) is 6.07 Å². The molecule has 8 nitrogen and oxygen atoms in total. The number of hydrogen-bond acceptors (Lipinski definition) is 9. The van der Waals surface area contributed by atoms with Crippen molar-refractivity contribution in [2.75, 3.05) is 27.1 Å². The van der Waals surface area contributed by atoms with Gasteiger partial charge < -0.3 is 19.9 Å². The van der Waals surface area contributed by atoms with Crippen LogP contribution in [0.1, 0.15) is 11.1 Å². The van der Waals surface area contributed by atoms with Crippen molar-refractivity contribution in [2.45, 2.75) is 10.1 Å². The number of nitrogens with zero attached hydrogens (tertiary/aromatic N) is 4. The Balaban J connectivity index is 2.31. The number of benzene rings is 1. The SMILES string of the molecule is COc1cc(-c2c(C#N)c(N)nc(Sc3ccccn3)c2C#N)cc(OC)c1OC. The van der Waals surface area contributed by atoms with Crippen LogP contribution >= 0.6 is 11.8 Å². The van der Waals surface area contributed by atoms with E-state index in [4.69, 9.17) is 19.9 Å². The van der Waals surface area contributed by atoms with E-state index < -0.39 is 0 Å². The van der Waals surface area contributed by atoms with Gasteiger partial charge in [-0.25, -0.2) is 9.97 Å². The van der Waals surface area contributed by atoms with E-state index in [-0.39, 0.29) is 16.9 Å². The van der Waals surface area contributed by atoms with E-state index in [9.17, 15) is 10.5 Å². The second-order valence-electron chi connectivity index (χ2n) is 5.83. The maximum Gasteiger partial charge on any atom is 0.203 e. The van der Waals surface area contributed by atoms with Crippen LogP contribution in [0.2, 0.25) is 0 Å². The summed E-state index contributed by atoms with van der Waals surface area (Å²) in [5.41, 5.74) is 7.22. The van der Waals surface area contributed by atoms with E-state index in [1.807, 2.05) is 6.07 Å². The van der Waals surface area contributed by atoms with Gasteiger partial charge in [0.05, 0.1) is 26.9 Å². The minimum absolute atomic E-state index is 0.0127. The van der Waals surface area contributed by atoms with Crippen LogP contribution in [-0.4, -0.2) is 31.3 Å². The summed E-state index contributed by atoms with van der Waals surface area (Å²) in [4.78, 5) is 8.54. The zero-order valence-corrected chi connectivity index (χ0v) is 17.3. The third-order valence-electron chi connectivity index (χ3n) is 4.21. The first kappa shape index (κ1) is 20.8. The monoisotopic (exact) mass is 419 g/mol. The van der Waals surface area contributed by atoms with E-state index >= 15 is 0 Å². The fourth-order valence-corrected chi connectivity index (χ4v) is 3.74. The van der Waals surface area contributed by atoms with E-state index in [2.05, 4.69) is 22.1 Å². The number of hydrogen-bond donors (Lipinski definition) is 1. The van der Waals surface area contributed by atoms with Gasteiger partial charge in [-0.3, -0.25) is 0 Å². The predicted octanol–water partition coefficient (Wildman–Crippen LogP) is 3.65. The van der Waals surface area contributed by atoms with E-state index in [1.54, 1.807) is 30.5 Å². The normalized spacial score (nSPS) is 10.0. The summed E-state index contributed by atoms with van der Waals surface area (Å²) < 4.78 is 16.2. The number of rotatable bonds is 6. The number of aromatic nitrogens is 2. The summed E-state index contributed by atoms with van der Waals surface area (Å²) in [6.07, 6.45) is 1.64. The number of anilines is 1. The number of ether oxygens (including phenoxy) is 3. The highest BCUT2D eigenvalue weighted by Gasteiger charge is 2.24. The zero-order valence-electron chi connectivity index (χ0n) is 16.5. The third kappa shape index (κ3) is 3.79. The van der Waals surface area contributed by atoms with Crippen LogP contribution in [0.4, 0.5) is 5.82 Å². The van der Waals surface area contributed by atoms with E-state index in [0.29, 0.717) is 38.4 Å². The maximum atomic E-state index is 9.94. The average molecular weight is 419 g/mol. The Morgan fingerprint density at radius 2 is 1.63 bits per heavy atom. The molecule has 0 bridgehead atoms. The smallest absolute Gasteiger partial charge is 0.203 e. The highest BCUT2D eigenvalue weighted by molar-refractivity contribution is 7.99. The molecule has 3 rings (SSSR count). The fourth-order valence-electron chi connectivity index (χ4n) is 2.89. The van der Waals surface area contributed by atoms with Crippen LogP contribution in [0.25, 0.3) is 11.1 Å². The molecule has 0 atom stereocenters. The van der Waals surface area contributed by atoms with Crippen molar-refractivity contribution in [3.8, 4) is 40.5 Å². The predicted molar refractivity (Wildman–Crippen MR) is 112 cm³/mol. The van der Waals surface area contributed by atoms with Gasteiger partial charge in [0.1, 0.15) is 33.6 Å². The van der Waals surface area contributed by atoms with Gasteiger partial charge in [-0.05, 0) is 41.6 Å². The Labute approximate surface area is 177 Å². The first-order valence-electron chi connectivity index (χ1n) is 8.60. The molecule has 0 fully saturated rings. The quantitative estimate of drug-likeness (QED) is 0.637. The highest BCUT2D eigenvalue weighted by Crippen LogP contribution is 2.44. The standard InChI is InChI=1S/C21H17N5O3S/c1-27-15-8-12(9-16(28-2)19(15)29-3)18-13(10-22)20(24)26-21(14(18)11-23)30-17-6-4-5-7-25-17/h4-9H,1-3H3,(H2,24,26). The third-order valence-corrected chi connectivity index (χ3v) is 5.15. The molecule has 30 heavy (non-hydrogen) atoms. The second-order valence-corrected chi connectivity index (χ2v) is 6.84. The van der Waals surface area contributed by atoms with Crippen molar-refractivity contribution in [1.82, 2.24) is 9.97 Å². The van der Waals surface area contributed by atoms with Gasteiger partial charge in [0.15, 0.2) is 11.5 Å². The van der Waals surface area contributed by atoms with Crippen LogP contribution in [0.15, 0.2) is 46.6 Å². The van der Waals surface area contributed by atoms with Gasteiger partial charge in [0, 0.05) is 11.8 Å². The minimum Gasteiger partial charge on any atom is -0.493 e. The highest BCUT2D eigenvalue weighted by atomic mass is 32.2. The number of nitrogen functional groups attached to an aromatic ring is 1. The lowest BCUT2D eigenvalue weighted by atomic mass is 9.96. The first-order valence-corrected chi connectivity index (χ1v) is 9.42. The molecule has 9 heteroatoms. The molecule has 2 N–H and O–H groups in total. The molecule has 0 saturated heterocycles. The second kappa shape index (κ2) is 9.03. The largest absolute Gasteiger partial charge is 0.493 e. The summed E-state index contributed by atoms with van der Waals surface area (Å²) in [6, 6.07) is 12.9. The summed E-state index contributed by atoms with van der Waals surface area (Å²) >= 11 is 1.19. The van der Waals surface area contributed by atoms with Crippen LogP contribution in [-0.2, 0) is 0 Å². The molecule has 0 unspecified atom stereocenters. The maximum absolute atomic E-state index is 9.94. The van der Waals surface area contributed by atoms with Crippen molar-refractivity contribution in [1.29, 1.82) is 10.5 Å². The molecule has 0 aliphatic rings. The van der Waals surface area contributed by atoms with E-state index in [1.165, 1.54) is 33.1 Å². The molecule has 3 aromatic rings. The van der Waals surface area contributed by atoms with Crippen molar-refractivity contribution in [3.63, 3.8) is 0 Å². The Hall–Kier alpha value is -3.95. The molecule has 150 valence electrons. The molecular formula is C21H17N5O3S. The molecule has 0 spiro atoms. The first-order chi connectivity index (χ1) is 14.6. The lowest BCUT2D eigenvalue weighted by Crippen LogP contribution is -2.04. The minimum atomic E-state index is 0.0127. The Morgan fingerprint density at radius 1 is 0.967 bits per heavy atom. The van der Waals surface area contributed by atoms with Crippen molar-refractivity contribution < 1.29 is 14.2 Å². The van der Waals surface area contributed by atoms with Gasteiger partial charge >= 0.3 is 0 Å². The molecule has 1 aromatic carbocycles. The molecule has 2 heterocycles. The zero-order chi connectivity index (χ0) is 21.7. The lowest BCUT2D eigenvalue weighted by molar-refractivity contribution is 0.324. The number of nitrogens with two attached hydrogens (primary N) is 1. The van der Waals surface area contributed by atoms with Gasteiger partial charge in [-0.15, -0.1) is 0 Å². The summed E-state index contributed by atoms with van der Waals surface area (Å²) in [5.74, 6) is 1.17.